The van der Waals surface area contributed by atoms with Crippen LogP contribution >= 0.6 is 0 Å². The third-order valence-corrected chi connectivity index (χ3v) is 2.00. The van der Waals surface area contributed by atoms with Gasteiger partial charge in [0.15, 0.2) is 0 Å². The first kappa shape index (κ1) is 13.8. The molecule has 4 nitrogen and oxygen atoms in total. The van der Waals surface area contributed by atoms with Gasteiger partial charge in [0.05, 0.1) is 16.8 Å². The molecule has 0 saturated carbocycles. The van der Waals surface area contributed by atoms with E-state index in [0.29, 0.717) is 6.07 Å². The summed E-state index contributed by atoms with van der Waals surface area (Å²) in [7, 11) is 0. The Morgan fingerprint density at radius 1 is 1.39 bits per heavy atom. The van der Waals surface area contributed by atoms with Crippen LogP contribution < -0.4 is 5.32 Å². The average Bonchev–Trinajstić information content (AvgIpc) is 2.27. The molecule has 0 aliphatic rings. The minimum absolute atomic E-state index is 0.256. The first-order valence-corrected chi connectivity index (χ1v) is 4.73. The molecule has 0 aliphatic carbocycles. The van der Waals surface area contributed by atoms with Crippen LogP contribution in [0.3, 0.4) is 0 Å². The fourth-order valence-electron chi connectivity index (χ4n) is 1.23. The molecule has 0 aromatic heterocycles. The van der Waals surface area contributed by atoms with Crippen molar-refractivity contribution in [3.63, 3.8) is 0 Å². The van der Waals surface area contributed by atoms with E-state index < -0.39 is 17.7 Å². The Kier molecular flexibility index (Phi) is 4.09. The molecule has 0 unspecified atom stereocenters. The second-order valence-electron chi connectivity index (χ2n) is 3.23. The molecule has 0 fully saturated rings. The lowest BCUT2D eigenvalue weighted by Crippen LogP contribution is -2.10. The monoisotopic (exact) mass is 258 g/mol. The van der Waals surface area contributed by atoms with Gasteiger partial charge in [0, 0.05) is 12.4 Å². The molecule has 1 rings (SSSR count). The molecule has 0 heterocycles. The van der Waals surface area contributed by atoms with Crippen molar-refractivity contribution in [3.05, 3.63) is 41.6 Å². The van der Waals surface area contributed by atoms with Gasteiger partial charge in [-0.3, -0.25) is 0 Å². The summed E-state index contributed by atoms with van der Waals surface area (Å²) in [4.78, 5) is 10.7. The van der Waals surface area contributed by atoms with Crippen molar-refractivity contribution in [1.82, 2.24) is 0 Å². The Bertz CT molecular complexity index is 496. The maximum atomic E-state index is 12.6. The number of halogens is 3. The van der Waals surface area contributed by atoms with Crippen molar-refractivity contribution in [2.24, 2.45) is 0 Å². The zero-order valence-corrected chi connectivity index (χ0v) is 8.95. The number of nitrogens with one attached hydrogen (secondary N) is 2. The number of hydrogen-bond donors (Lipinski definition) is 3. The van der Waals surface area contributed by atoms with Gasteiger partial charge in [-0.15, -0.1) is 0 Å². The fraction of sp³-hybridized carbons (Fsp3) is 0.0909. The molecule has 7 heteroatoms. The SMILES string of the molecule is N=C/C=C\Nc1cc(C(=O)O)ccc1C(F)(F)F. The van der Waals surface area contributed by atoms with E-state index in [1.807, 2.05) is 0 Å². The zero-order valence-electron chi connectivity index (χ0n) is 8.95. The zero-order chi connectivity index (χ0) is 13.8. The molecule has 0 saturated heterocycles. The number of allylic oxidation sites excluding steroid dienone is 1. The standard InChI is InChI=1S/C11H9F3N2O2/c12-11(13,14)8-3-2-7(10(17)18)6-9(8)16-5-1-4-15/h1-6,15-16H,(H,17,18)/b5-1-,15-4?. The predicted octanol–water partition coefficient (Wildman–Crippen LogP) is 2.98. The largest absolute Gasteiger partial charge is 0.478 e. The van der Waals surface area contributed by atoms with Gasteiger partial charge in [-0.1, -0.05) is 0 Å². The summed E-state index contributed by atoms with van der Waals surface area (Å²) >= 11 is 0. The van der Waals surface area contributed by atoms with Crippen LogP contribution in [-0.2, 0) is 6.18 Å². The van der Waals surface area contributed by atoms with Crippen molar-refractivity contribution in [1.29, 1.82) is 5.41 Å². The fourth-order valence-corrected chi connectivity index (χ4v) is 1.23. The Labute approximate surface area is 100 Å². The highest BCUT2D eigenvalue weighted by Gasteiger charge is 2.33. The van der Waals surface area contributed by atoms with E-state index in [-0.39, 0.29) is 11.3 Å². The molecule has 3 N–H and O–H groups in total. The number of benzene rings is 1. The van der Waals surface area contributed by atoms with Crippen LogP contribution in [0.5, 0.6) is 0 Å². The summed E-state index contributed by atoms with van der Waals surface area (Å²) in [6.45, 7) is 0. The van der Waals surface area contributed by atoms with E-state index >= 15 is 0 Å². The molecule has 18 heavy (non-hydrogen) atoms. The van der Waals surface area contributed by atoms with Crippen LogP contribution in [0.1, 0.15) is 15.9 Å². The molecule has 0 bridgehead atoms. The molecule has 0 spiro atoms. The number of alkyl halides is 3. The van der Waals surface area contributed by atoms with Gasteiger partial charge in [-0.2, -0.15) is 13.2 Å². The highest BCUT2D eigenvalue weighted by Crippen LogP contribution is 2.35. The molecular formula is C11H9F3N2O2. The molecule has 1 aromatic carbocycles. The smallest absolute Gasteiger partial charge is 0.418 e. The Morgan fingerprint density at radius 3 is 2.56 bits per heavy atom. The van der Waals surface area contributed by atoms with Crippen molar-refractivity contribution in [2.75, 3.05) is 5.32 Å². The first-order valence-electron chi connectivity index (χ1n) is 4.73. The summed E-state index contributed by atoms with van der Waals surface area (Å²) in [6, 6.07) is 2.47. The quantitative estimate of drug-likeness (QED) is 0.727. The molecule has 1 aromatic rings. The second kappa shape index (κ2) is 5.35. The lowest BCUT2D eigenvalue weighted by molar-refractivity contribution is -0.136. The summed E-state index contributed by atoms with van der Waals surface area (Å²) < 4.78 is 37.9. The van der Waals surface area contributed by atoms with Crippen LogP contribution in [0.25, 0.3) is 0 Å². The maximum Gasteiger partial charge on any atom is 0.418 e. The van der Waals surface area contributed by atoms with Gasteiger partial charge < -0.3 is 15.8 Å². The second-order valence-corrected chi connectivity index (χ2v) is 3.23. The van der Waals surface area contributed by atoms with Crippen LogP contribution in [0.15, 0.2) is 30.5 Å². The van der Waals surface area contributed by atoms with Gasteiger partial charge in [-0.25, -0.2) is 4.79 Å². The number of anilines is 1. The molecule has 0 radical (unpaired) electrons. The normalized spacial score (nSPS) is 11.5. The summed E-state index contributed by atoms with van der Waals surface area (Å²) in [5, 5.41) is 17.7. The minimum Gasteiger partial charge on any atom is -0.478 e. The Balaban J connectivity index is 3.22. The van der Waals surface area contributed by atoms with Gasteiger partial charge in [0.2, 0.25) is 0 Å². The predicted molar refractivity (Wildman–Crippen MR) is 59.9 cm³/mol. The van der Waals surface area contributed by atoms with Crippen molar-refractivity contribution >= 4 is 17.9 Å². The van der Waals surface area contributed by atoms with Gasteiger partial charge in [0.25, 0.3) is 0 Å². The topological polar surface area (TPSA) is 73.2 Å². The van der Waals surface area contributed by atoms with Crippen molar-refractivity contribution < 1.29 is 23.1 Å². The number of aromatic carboxylic acids is 1. The van der Waals surface area contributed by atoms with Crippen molar-refractivity contribution in [3.8, 4) is 0 Å². The van der Waals surface area contributed by atoms with E-state index in [2.05, 4.69) is 5.32 Å². The summed E-state index contributed by atoms with van der Waals surface area (Å²) in [5.74, 6) is -1.32. The molecule has 96 valence electrons. The summed E-state index contributed by atoms with van der Waals surface area (Å²) in [5.41, 5.74) is -1.60. The van der Waals surface area contributed by atoms with Crippen LogP contribution in [0, 0.1) is 5.41 Å². The van der Waals surface area contributed by atoms with Crippen molar-refractivity contribution in [2.45, 2.75) is 6.18 Å². The number of carbonyl (C=O) groups is 1. The molecule has 0 amide bonds. The highest BCUT2D eigenvalue weighted by atomic mass is 19.4. The lowest BCUT2D eigenvalue weighted by Gasteiger charge is -2.13. The van der Waals surface area contributed by atoms with E-state index in [9.17, 15) is 18.0 Å². The Hall–Kier alpha value is -2.31. The Morgan fingerprint density at radius 2 is 2.06 bits per heavy atom. The third kappa shape index (κ3) is 3.34. The lowest BCUT2D eigenvalue weighted by atomic mass is 10.1. The molecule has 0 aliphatic heterocycles. The maximum absolute atomic E-state index is 12.6. The summed E-state index contributed by atoms with van der Waals surface area (Å²) in [6.07, 6.45) is -1.42. The van der Waals surface area contributed by atoms with Crippen LogP contribution in [0.2, 0.25) is 0 Å². The van der Waals surface area contributed by atoms with Gasteiger partial charge in [0.1, 0.15) is 0 Å². The number of rotatable bonds is 4. The van der Waals surface area contributed by atoms with Crippen LogP contribution in [0.4, 0.5) is 18.9 Å². The molecule has 0 atom stereocenters. The third-order valence-electron chi connectivity index (χ3n) is 2.00. The van der Waals surface area contributed by atoms with Crippen LogP contribution in [-0.4, -0.2) is 17.3 Å². The first-order chi connectivity index (χ1) is 8.36. The van der Waals surface area contributed by atoms with E-state index in [4.69, 9.17) is 10.5 Å². The minimum atomic E-state index is -4.59. The van der Waals surface area contributed by atoms with Gasteiger partial charge in [-0.05, 0) is 24.3 Å². The van der Waals surface area contributed by atoms with E-state index in [1.54, 1.807) is 0 Å². The van der Waals surface area contributed by atoms with Gasteiger partial charge >= 0.3 is 12.1 Å². The van der Waals surface area contributed by atoms with E-state index in [1.165, 1.54) is 6.08 Å². The highest BCUT2D eigenvalue weighted by molar-refractivity contribution is 5.89. The average molecular weight is 258 g/mol. The van der Waals surface area contributed by atoms with E-state index in [0.717, 1.165) is 24.5 Å². The molecular weight excluding hydrogens is 249 g/mol. The number of carboxylic acids is 1. The number of carboxylic acid groups (broad SMARTS) is 1. The number of hydrogen-bond acceptors (Lipinski definition) is 3.